The molecule has 1 heterocycles. The third-order valence-electron chi connectivity index (χ3n) is 1.55. The van der Waals surface area contributed by atoms with E-state index in [1.165, 1.54) is 31.7 Å². The molecular weight excluding hydrogens is 204 g/mol. The lowest BCUT2D eigenvalue weighted by molar-refractivity contribution is 0.0595. The highest BCUT2D eigenvalue weighted by Gasteiger charge is 2.17. The van der Waals surface area contributed by atoms with Crippen molar-refractivity contribution in [1.82, 2.24) is 4.98 Å². The minimum atomic E-state index is -3.00. The van der Waals surface area contributed by atoms with Gasteiger partial charge in [-0.15, -0.1) is 0 Å². The Bertz CT molecular complexity index is 453. The fourth-order valence-electron chi connectivity index (χ4n) is 0.967. The van der Waals surface area contributed by atoms with Gasteiger partial charge in [0.05, 0.1) is 22.4 Å². The van der Waals surface area contributed by atoms with Gasteiger partial charge in [-0.25, -0.2) is 18.8 Å². The van der Waals surface area contributed by atoms with Gasteiger partial charge >= 0.3 is 5.97 Å². The van der Waals surface area contributed by atoms with E-state index in [4.69, 9.17) is 4.78 Å². The lowest BCUT2D eigenvalue weighted by atomic mass is 10.3. The van der Waals surface area contributed by atoms with Crippen LogP contribution < -0.4 is 0 Å². The van der Waals surface area contributed by atoms with Crippen LogP contribution >= 0.6 is 0 Å². The maximum Gasteiger partial charge on any atom is 0.340 e. The maximum absolute atomic E-state index is 11.4. The van der Waals surface area contributed by atoms with Crippen LogP contribution in [0, 0.1) is 4.78 Å². The van der Waals surface area contributed by atoms with Crippen molar-refractivity contribution in [2.24, 2.45) is 0 Å². The lowest BCUT2D eigenvalue weighted by Gasteiger charge is -2.05. The number of rotatable bonds is 2. The predicted octanol–water partition coefficient (Wildman–Crippen LogP) is 0.904. The number of esters is 1. The molecule has 5 nitrogen and oxygen atoms in total. The van der Waals surface area contributed by atoms with E-state index in [1.807, 2.05) is 0 Å². The van der Waals surface area contributed by atoms with Crippen molar-refractivity contribution < 1.29 is 13.7 Å². The smallest absolute Gasteiger partial charge is 0.340 e. The highest BCUT2D eigenvalue weighted by Crippen LogP contribution is 2.13. The zero-order valence-electron chi connectivity index (χ0n) is 7.81. The molecule has 1 N–H and O–H groups in total. The number of carbonyl (C=O) groups is 1. The van der Waals surface area contributed by atoms with Crippen LogP contribution in [0.1, 0.15) is 10.4 Å². The molecule has 14 heavy (non-hydrogen) atoms. The topological polar surface area (TPSA) is 80.1 Å². The van der Waals surface area contributed by atoms with E-state index in [0.29, 0.717) is 0 Å². The number of carbonyl (C=O) groups excluding carboxylic acids is 1. The fraction of sp³-hybridized carbons (Fsp3) is 0.250. The molecule has 76 valence electrons. The summed E-state index contributed by atoms with van der Waals surface area (Å²) >= 11 is 0. The Balaban J connectivity index is 3.38. The molecule has 0 bridgehead atoms. The fourth-order valence-corrected chi connectivity index (χ4v) is 1.80. The molecule has 0 amide bonds. The molecule has 0 aliphatic rings. The van der Waals surface area contributed by atoms with Gasteiger partial charge in [0.2, 0.25) is 0 Å². The van der Waals surface area contributed by atoms with Gasteiger partial charge in [-0.2, -0.15) is 0 Å². The first-order valence-electron chi connectivity index (χ1n) is 3.74. The normalized spacial score (nSPS) is 14.4. The van der Waals surface area contributed by atoms with Crippen molar-refractivity contribution in [2.75, 3.05) is 13.4 Å². The molecule has 0 aromatic carbocycles. The van der Waals surface area contributed by atoms with Gasteiger partial charge in [0.25, 0.3) is 0 Å². The van der Waals surface area contributed by atoms with Gasteiger partial charge < -0.3 is 4.74 Å². The van der Waals surface area contributed by atoms with E-state index < -0.39 is 15.7 Å². The SMILES string of the molecule is COC(=O)c1cccnc1[S@@](C)(=N)=O. The quantitative estimate of drug-likeness (QED) is 0.742. The molecule has 1 aromatic heterocycles. The predicted molar refractivity (Wildman–Crippen MR) is 50.6 cm³/mol. The van der Waals surface area contributed by atoms with E-state index in [0.717, 1.165) is 0 Å². The summed E-state index contributed by atoms with van der Waals surface area (Å²) in [5, 5.41) is -0.0353. The van der Waals surface area contributed by atoms with Crippen LogP contribution in [0.15, 0.2) is 23.4 Å². The highest BCUT2D eigenvalue weighted by atomic mass is 32.2. The molecule has 0 aliphatic carbocycles. The van der Waals surface area contributed by atoms with E-state index in [1.54, 1.807) is 0 Å². The van der Waals surface area contributed by atoms with E-state index >= 15 is 0 Å². The first-order valence-corrected chi connectivity index (χ1v) is 5.70. The van der Waals surface area contributed by atoms with Gasteiger partial charge in [0.1, 0.15) is 5.03 Å². The van der Waals surface area contributed by atoms with E-state index in [-0.39, 0.29) is 10.6 Å². The second kappa shape index (κ2) is 3.75. The molecule has 0 aliphatic heterocycles. The van der Waals surface area contributed by atoms with Crippen LogP contribution in [0.5, 0.6) is 0 Å². The minimum absolute atomic E-state index is 0.0353. The largest absolute Gasteiger partial charge is 0.465 e. The number of hydrogen-bond acceptors (Lipinski definition) is 5. The second-order valence-electron chi connectivity index (χ2n) is 2.69. The zero-order valence-corrected chi connectivity index (χ0v) is 8.63. The summed E-state index contributed by atoms with van der Waals surface area (Å²) in [6, 6.07) is 2.97. The maximum atomic E-state index is 11.4. The van der Waals surface area contributed by atoms with Crippen LogP contribution in [0.2, 0.25) is 0 Å². The van der Waals surface area contributed by atoms with Gasteiger partial charge in [-0.05, 0) is 12.1 Å². The monoisotopic (exact) mass is 214 g/mol. The molecule has 0 saturated carbocycles. The molecule has 1 rings (SSSR count). The number of pyridine rings is 1. The third-order valence-corrected chi connectivity index (χ3v) is 2.61. The summed E-state index contributed by atoms with van der Waals surface area (Å²) in [7, 11) is -1.78. The Morgan fingerprint density at radius 3 is 2.79 bits per heavy atom. The summed E-state index contributed by atoms with van der Waals surface area (Å²) in [5.41, 5.74) is 0.0810. The van der Waals surface area contributed by atoms with E-state index in [9.17, 15) is 9.00 Å². The van der Waals surface area contributed by atoms with Gasteiger partial charge in [0.15, 0.2) is 0 Å². The first kappa shape index (κ1) is 10.6. The summed E-state index contributed by atoms with van der Waals surface area (Å²) in [5.74, 6) is -0.630. The molecule has 0 spiro atoms. The summed E-state index contributed by atoms with van der Waals surface area (Å²) in [6.07, 6.45) is 2.60. The standard InChI is InChI=1S/C8H10N2O3S/c1-13-8(11)6-4-3-5-10-7(6)14(2,9)12/h3-5,9H,1-2H3/t14-/m0/s1. The Morgan fingerprint density at radius 2 is 2.29 bits per heavy atom. The molecule has 0 saturated heterocycles. The van der Waals surface area contributed by atoms with Crippen LogP contribution in [0.3, 0.4) is 0 Å². The van der Waals surface area contributed by atoms with Crippen molar-refractivity contribution in [3.8, 4) is 0 Å². The highest BCUT2D eigenvalue weighted by molar-refractivity contribution is 7.91. The molecule has 0 fully saturated rings. The number of nitrogens with zero attached hydrogens (tertiary/aromatic N) is 1. The second-order valence-corrected chi connectivity index (χ2v) is 4.77. The van der Waals surface area contributed by atoms with Crippen LogP contribution in [-0.4, -0.2) is 28.5 Å². The van der Waals surface area contributed by atoms with Crippen LogP contribution in [0.25, 0.3) is 0 Å². The summed E-state index contributed by atoms with van der Waals surface area (Å²) in [4.78, 5) is 15.0. The van der Waals surface area contributed by atoms with Crippen molar-refractivity contribution in [3.63, 3.8) is 0 Å². The summed E-state index contributed by atoms with van der Waals surface area (Å²) in [6.45, 7) is 0. The summed E-state index contributed by atoms with van der Waals surface area (Å²) < 4.78 is 23.2. The van der Waals surface area contributed by atoms with Gasteiger partial charge in [0, 0.05) is 12.5 Å². The molecular formula is C8H10N2O3S. The Labute approximate surface area is 82.1 Å². The van der Waals surface area contributed by atoms with Gasteiger partial charge in [-0.1, -0.05) is 0 Å². The molecule has 0 unspecified atom stereocenters. The lowest BCUT2D eigenvalue weighted by Crippen LogP contribution is -2.10. The number of hydrogen-bond donors (Lipinski definition) is 1. The third kappa shape index (κ3) is 2.08. The van der Waals surface area contributed by atoms with Crippen LogP contribution in [-0.2, 0) is 14.5 Å². The zero-order chi connectivity index (χ0) is 10.8. The average molecular weight is 214 g/mol. The molecule has 6 heteroatoms. The van der Waals surface area contributed by atoms with E-state index in [2.05, 4.69) is 9.72 Å². The Morgan fingerprint density at radius 1 is 1.64 bits per heavy atom. The number of ether oxygens (including phenoxy) is 1. The van der Waals surface area contributed by atoms with Crippen LogP contribution in [0.4, 0.5) is 0 Å². The molecule has 1 aromatic rings. The average Bonchev–Trinajstić information content (AvgIpc) is 2.15. The van der Waals surface area contributed by atoms with Crippen molar-refractivity contribution in [2.45, 2.75) is 5.03 Å². The Kier molecular flexibility index (Phi) is 2.85. The minimum Gasteiger partial charge on any atom is -0.465 e. The van der Waals surface area contributed by atoms with Gasteiger partial charge in [-0.3, -0.25) is 0 Å². The number of aromatic nitrogens is 1. The molecule has 1 atom stereocenters. The van der Waals surface area contributed by atoms with Crippen molar-refractivity contribution in [1.29, 1.82) is 4.78 Å². The molecule has 0 radical (unpaired) electrons. The number of nitrogens with one attached hydrogen (secondary N) is 1. The van der Waals surface area contributed by atoms with Crippen molar-refractivity contribution >= 4 is 15.7 Å². The first-order chi connectivity index (χ1) is 6.46. The number of methoxy groups -OCH3 is 1. The Hall–Kier alpha value is -1.43. The van der Waals surface area contributed by atoms with Crippen molar-refractivity contribution in [3.05, 3.63) is 23.9 Å².